The lowest BCUT2D eigenvalue weighted by molar-refractivity contribution is 0.464. The minimum atomic E-state index is -4.06. The predicted octanol–water partition coefficient (Wildman–Crippen LogP) is 2.73. The second-order valence-corrected chi connectivity index (χ2v) is 6.21. The van der Waals surface area contributed by atoms with Gasteiger partial charge < -0.3 is 0 Å². The number of benzene rings is 2. The van der Waals surface area contributed by atoms with Crippen LogP contribution in [-0.4, -0.2) is 18.2 Å². The smallest absolute Gasteiger partial charge is 0.268 e. The van der Waals surface area contributed by atoms with Crippen molar-refractivity contribution >= 4 is 10.1 Å². The molecular formula is C15H16O3S. The largest absolute Gasteiger partial charge is 0.285 e. The standard InChI is InChI=1S/C15H16O3S/c16-19(17,18)15(11-13-7-3-1-4-8-13)12-14-9-5-2-6-10-14/h1-10,15H,11-12H2,(H,16,17,18). The molecule has 2 aromatic carbocycles. The van der Waals surface area contributed by atoms with Gasteiger partial charge in [-0.1, -0.05) is 60.7 Å². The van der Waals surface area contributed by atoms with E-state index in [0.717, 1.165) is 11.1 Å². The minimum Gasteiger partial charge on any atom is -0.285 e. The third kappa shape index (κ3) is 4.19. The highest BCUT2D eigenvalue weighted by Crippen LogP contribution is 2.15. The molecular weight excluding hydrogens is 260 g/mol. The molecule has 2 aromatic rings. The molecule has 0 saturated heterocycles. The first-order valence-corrected chi connectivity index (χ1v) is 7.60. The zero-order valence-electron chi connectivity index (χ0n) is 10.4. The molecule has 3 nitrogen and oxygen atoms in total. The van der Waals surface area contributed by atoms with E-state index in [1.54, 1.807) is 0 Å². The van der Waals surface area contributed by atoms with Crippen LogP contribution in [0.1, 0.15) is 11.1 Å². The van der Waals surface area contributed by atoms with Crippen LogP contribution in [-0.2, 0) is 23.0 Å². The molecule has 0 aliphatic rings. The van der Waals surface area contributed by atoms with Crippen LogP contribution in [0.5, 0.6) is 0 Å². The van der Waals surface area contributed by atoms with Crippen LogP contribution in [0.4, 0.5) is 0 Å². The summed E-state index contributed by atoms with van der Waals surface area (Å²) in [7, 11) is -4.06. The molecule has 0 aromatic heterocycles. The molecule has 0 radical (unpaired) electrons. The molecule has 0 aliphatic carbocycles. The van der Waals surface area contributed by atoms with Crippen molar-refractivity contribution in [1.29, 1.82) is 0 Å². The lowest BCUT2D eigenvalue weighted by Crippen LogP contribution is -2.25. The van der Waals surface area contributed by atoms with Gasteiger partial charge in [-0.15, -0.1) is 0 Å². The van der Waals surface area contributed by atoms with Gasteiger partial charge in [0, 0.05) is 0 Å². The number of hydrogen-bond acceptors (Lipinski definition) is 2. The van der Waals surface area contributed by atoms with Gasteiger partial charge in [-0.3, -0.25) is 4.55 Å². The molecule has 4 heteroatoms. The fraction of sp³-hybridized carbons (Fsp3) is 0.200. The molecule has 0 unspecified atom stereocenters. The summed E-state index contributed by atoms with van der Waals surface area (Å²) in [6.45, 7) is 0. The molecule has 1 N–H and O–H groups in total. The third-order valence-electron chi connectivity index (χ3n) is 3.03. The molecule has 0 amide bonds. The summed E-state index contributed by atoms with van der Waals surface area (Å²) in [6, 6.07) is 18.7. The average molecular weight is 276 g/mol. The fourth-order valence-corrected chi connectivity index (χ4v) is 2.84. The van der Waals surface area contributed by atoms with E-state index in [4.69, 9.17) is 0 Å². The Kier molecular flexibility index (Phi) is 4.35. The quantitative estimate of drug-likeness (QED) is 0.854. The Morgan fingerprint density at radius 2 is 1.16 bits per heavy atom. The van der Waals surface area contributed by atoms with Crippen LogP contribution in [0.15, 0.2) is 60.7 Å². The molecule has 2 rings (SSSR count). The Balaban J connectivity index is 2.18. The van der Waals surface area contributed by atoms with Crippen LogP contribution in [0.2, 0.25) is 0 Å². The fourth-order valence-electron chi connectivity index (χ4n) is 2.04. The topological polar surface area (TPSA) is 54.4 Å². The summed E-state index contributed by atoms with van der Waals surface area (Å²) in [5.74, 6) is 0. The zero-order valence-corrected chi connectivity index (χ0v) is 11.3. The Bertz CT molecular complexity index is 565. The van der Waals surface area contributed by atoms with E-state index in [2.05, 4.69) is 0 Å². The molecule has 100 valence electrons. The molecule has 0 bridgehead atoms. The van der Waals surface area contributed by atoms with Crippen LogP contribution < -0.4 is 0 Å². The summed E-state index contributed by atoms with van der Waals surface area (Å²) in [4.78, 5) is 0. The van der Waals surface area contributed by atoms with E-state index in [0.29, 0.717) is 12.8 Å². The van der Waals surface area contributed by atoms with Crippen molar-refractivity contribution in [1.82, 2.24) is 0 Å². The van der Waals surface area contributed by atoms with Gasteiger partial charge in [0.25, 0.3) is 10.1 Å². The second kappa shape index (κ2) is 5.99. The van der Waals surface area contributed by atoms with Crippen molar-refractivity contribution in [2.24, 2.45) is 0 Å². The van der Waals surface area contributed by atoms with Crippen molar-refractivity contribution in [3.8, 4) is 0 Å². The first-order valence-electron chi connectivity index (χ1n) is 6.10. The van der Waals surface area contributed by atoms with Crippen LogP contribution in [0.25, 0.3) is 0 Å². The van der Waals surface area contributed by atoms with E-state index in [-0.39, 0.29) is 0 Å². The molecule has 0 atom stereocenters. The van der Waals surface area contributed by atoms with E-state index in [1.165, 1.54) is 0 Å². The van der Waals surface area contributed by atoms with Crippen molar-refractivity contribution in [3.63, 3.8) is 0 Å². The number of hydrogen-bond donors (Lipinski definition) is 1. The maximum atomic E-state index is 11.5. The summed E-state index contributed by atoms with van der Waals surface area (Å²) >= 11 is 0. The van der Waals surface area contributed by atoms with Crippen molar-refractivity contribution in [2.45, 2.75) is 18.1 Å². The average Bonchev–Trinajstić information content (AvgIpc) is 2.39. The number of rotatable bonds is 5. The molecule has 0 fully saturated rings. The van der Waals surface area contributed by atoms with Crippen LogP contribution in [0, 0.1) is 0 Å². The maximum Gasteiger partial charge on any atom is 0.268 e. The minimum absolute atomic E-state index is 0.314. The van der Waals surface area contributed by atoms with E-state index in [1.807, 2.05) is 60.7 Å². The molecule has 19 heavy (non-hydrogen) atoms. The Hall–Kier alpha value is -1.65. The van der Waals surface area contributed by atoms with Gasteiger partial charge in [-0.2, -0.15) is 8.42 Å². The van der Waals surface area contributed by atoms with Crippen molar-refractivity contribution < 1.29 is 13.0 Å². The highest BCUT2D eigenvalue weighted by atomic mass is 32.2. The molecule has 0 spiro atoms. The Morgan fingerprint density at radius 3 is 1.47 bits per heavy atom. The van der Waals surface area contributed by atoms with Gasteiger partial charge in [-0.05, 0) is 24.0 Å². The maximum absolute atomic E-state index is 11.5. The summed E-state index contributed by atoms with van der Waals surface area (Å²) in [5, 5.41) is -0.808. The monoisotopic (exact) mass is 276 g/mol. The summed E-state index contributed by atoms with van der Waals surface area (Å²) in [5.41, 5.74) is 1.81. The van der Waals surface area contributed by atoms with Gasteiger partial charge in [0.1, 0.15) is 0 Å². The third-order valence-corrected chi connectivity index (χ3v) is 4.21. The Morgan fingerprint density at radius 1 is 0.789 bits per heavy atom. The SMILES string of the molecule is O=S(=O)(O)C(Cc1ccccc1)Cc1ccccc1. The van der Waals surface area contributed by atoms with Crippen molar-refractivity contribution in [2.75, 3.05) is 0 Å². The highest BCUT2D eigenvalue weighted by Gasteiger charge is 2.23. The van der Waals surface area contributed by atoms with Gasteiger partial charge in [-0.25, -0.2) is 0 Å². The zero-order chi connectivity index (χ0) is 13.7. The van der Waals surface area contributed by atoms with Crippen molar-refractivity contribution in [3.05, 3.63) is 71.8 Å². The molecule has 0 heterocycles. The van der Waals surface area contributed by atoms with Gasteiger partial charge in [0.2, 0.25) is 0 Å². The first kappa shape index (κ1) is 13.8. The Labute approximate surface area is 113 Å². The molecule has 0 aliphatic heterocycles. The predicted molar refractivity (Wildman–Crippen MR) is 75.6 cm³/mol. The van der Waals surface area contributed by atoms with E-state index >= 15 is 0 Å². The molecule has 0 saturated carbocycles. The first-order chi connectivity index (χ1) is 9.05. The van der Waals surface area contributed by atoms with Crippen LogP contribution >= 0.6 is 0 Å². The summed E-state index contributed by atoms with van der Waals surface area (Å²) < 4.78 is 32.4. The van der Waals surface area contributed by atoms with Gasteiger partial charge >= 0.3 is 0 Å². The van der Waals surface area contributed by atoms with Crippen LogP contribution in [0.3, 0.4) is 0 Å². The lowest BCUT2D eigenvalue weighted by atomic mass is 10.0. The highest BCUT2D eigenvalue weighted by molar-refractivity contribution is 7.86. The normalized spacial score (nSPS) is 11.7. The van der Waals surface area contributed by atoms with E-state index < -0.39 is 15.4 Å². The second-order valence-electron chi connectivity index (χ2n) is 4.52. The van der Waals surface area contributed by atoms with E-state index in [9.17, 15) is 13.0 Å². The lowest BCUT2D eigenvalue weighted by Gasteiger charge is -2.14. The van der Waals surface area contributed by atoms with Gasteiger partial charge in [0.15, 0.2) is 0 Å². The van der Waals surface area contributed by atoms with Gasteiger partial charge in [0.05, 0.1) is 5.25 Å². The summed E-state index contributed by atoms with van der Waals surface area (Å²) in [6.07, 6.45) is 0.628.